The third-order valence-corrected chi connectivity index (χ3v) is 1.56. The van der Waals surface area contributed by atoms with Crippen molar-refractivity contribution < 1.29 is 16.2 Å². The van der Waals surface area contributed by atoms with E-state index in [1.165, 1.54) is 5.56 Å². The van der Waals surface area contributed by atoms with Crippen LogP contribution in [0.1, 0.15) is 19.4 Å². The lowest BCUT2D eigenvalue weighted by Gasteiger charge is -2.06. The van der Waals surface area contributed by atoms with Crippen LogP contribution in [0.25, 0.3) is 0 Å². The number of hydrogen-bond donors (Lipinski definition) is 1. The first-order chi connectivity index (χ1) is 7.29. The van der Waals surface area contributed by atoms with Crippen LogP contribution in [0.4, 0.5) is 7.77 Å². The monoisotopic (exact) mass is 251 g/mol. The summed E-state index contributed by atoms with van der Waals surface area (Å²) in [6, 6.07) is 11.0. The highest BCUT2D eigenvalue weighted by Crippen LogP contribution is 1.97. The van der Waals surface area contributed by atoms with Gasteiger partial charge in [0.25, 0.3) is 0 Å². The van der Waals surface area contributed by atoms with Crippen LogP contribution in [0.3, 0.4) is 0 Å². The predicted molar refractivity (Wildman–Crippen MR) is 59.6 cm³/mol. The van der Waals surface area contributed by atoms with Crippen molar-refractivity contribution in [3.05, 3.63) is 35.9 Å². The van der Waals surface area contributed by atoms with Crippen molar-refractivity contribution in [2.24, 2.45) is 0 Å². The van der Waals surface area contributed by atoms with Gasteiger partial charge in [-0.15, -0.1) is 0 Å². The van der Waals surface area contributed by atoms with E-state index in [9.17, 15) is 7.77 Å². The molecule has 1 N–H and O–H groups in total. The summed E-state index contributed by atoms with van der Waals surface area (Å²) in [5.74, 6) is 0. The summed E-state index contributed by atoms with van der Waals surface area (Å²) in [4.78, 5) is 0. The zero-order valence-corrected chi connectivity index (χ0v) is 9.97. The Hall–Kier alpha value is -1.01. The van der Waals surface area contributed by atoms with Crippen molar-refractivity contribution >= 4 is 10.6 Å². The van der Waals surface area contributed by atoms with Gasteiger partial charge in [-0.3, -0.25) is 0 Å². The molecule has 0 aromatic heterocycles. The summed E-state index contributed by atoms with van der Waals surface area (Å²) in [7, 11) is -5.67. The zero-order valence-electron chi connectivity index (χ0n) is 9.15. The second-order valence-electron chi connectivity index (χ2n) is 3.40. The summed E-state index contributed by atoms with van der Waals surface area (Å²) in [5, 5.41) is 3.36. The molecule has 0 aliphatic rings. The third-order valence-electron chi connectivity index (χ3n) is 1.56. The average Bonchev–Trinajstić information content (AvgIpc) is 2.14. The topological polar surface area (TPSA) is 46.2 Å². The fourth-order valence-corrected chi connectivity index (χ4v) is 0.918. The maximum Gasteiger partial charge on any atom is 0.476 e. The van der Waals surface area contributed by atoms with Crippen LogP contribution in [-0.4, -0.2) is 14.5 Å². The molecule has 0 fully saturated rings. The van der Waals surface area contributed by atoms with Crippen LogP contribution in [0.5, 0.6) is 0 Å². The van der Waals surface area contributed by atoms with E-state index in [0.29, 0.717) is 6.04 Å². The van der Waals surface area contributed by atoms with Gasteiger partial charge in [-0.05, 0) is 5.56 Å². The molecule has 0 amide bonds. The lowest BCUT2D eigenvalue weighted by Crippen LogP contribution is -2.21. The van der Waals surface area contributed by atoms with Crippen LogP contribution in [0.15, 0.2) is 30.3 Å². The van der Waals surface area contributed by atoms with Crippen molar-refractivity contribution in [2.75, 3.05) is 0 Å². The maximum atomic E-state index is 9.99. The van der Waals surface area contributed by atoms with Crippen LogP contribution >= 0.6 is 0 Å². The molecule has 3 nitrogen and oxygen atoms in total. The molecule has 0 aliphatic carbocycles. The number of nitrogens with one attached hydrogen (secondary N) is 1. The van der Waals surface area contributed by atoms with Gasteiger partial charge in [0.1, 0.15) is 0 Å². The summed E-state index contributed by atoms with van der Waals surface area (Å²) >= 11 is 0. The smallest absolute Gasteiger partial charge is 0.310 e. The van der Waals surface area contributed by atoms with Gasteiger partial charge in [0.2, 0.25) is 0 Å². The Balaban J connectivity index is 0.000000385. The largest absolute Gasteiger partial charge is 0.476 e. The molecule has 1 rings (SSSR count). The number of benzene rings is 1. The molecule has 1 aromatic rings. The van der Waals surface area contributed by atoms with E-state index in [4.69, 9.17) is 8.42 Å². The third kappa shape index (κ3) is 13.0. The number of rotatable bonds is 3. The van der Waals surface area contributed by atoms with Gasteiger partial charge in [0, 0.05) is 12.6 Å². The molecule has 0 radical (unpaired) electrons. The Bertz CT molecular complexity index is 371. The Labute approximate surface area is 95.0 Å². The Morgan fingerprint density at radius 3 is 2.00 bits per heavy atom. The SMILES string of the molecule is CC(C)NCc1ccccc1.O=S(=O)(F)F. The number of halogens is 2. The molecule has 92 valence electrons. The normalized spacial score (nSPS) is 10.8. The molecule has 0 saturated heterocycles. The molecular formula is C10H15F2NO2S. The van der Waals surface area contributed by atoms with E-state index in [-0.39, 0.29) is 0 Å². The highest BCUT2D eigenvalue weighted by atomic mass is 32.3. The van der Waals surface area contributed by atoms with Gasteiger partial charge in [-0.2, -0.15) is 8.42 Å². The zero-order chi connectivity index (χ0) is 12.6. The maximum absolute atomic E-state index is 9.99. The minimum absolute atomic E-state index is 0.565. The molecule has 0 atom stereocenters. The lowest BCUT2D eigenvalue weighted by atomic mass is 10.2. The molecule has 0 heterocycles. The van der Waals surface area contributed by atoms with Gasteiger partial charge in [0.05, 0.1) is 0 Å². The van der Waals surface area contributed by atoms with Crippen LogP contribution in [0.2, 0.25) is 0 Å². The second-order valence-corrected chi connectivity index (χ2v) is 4.16. The lowest BCUT2D eigenvalue weighted by molar-refractivity contribution is 0.501. The predicted octanol–water partition coefficient (Wildman–Crippen LogP) is 2.35. The first-order valence-corrected chi connectivity index (χ1v) is 5.99. The van der Waals surface area contributed by atoms with Crippen molar-refractivity contribution in [3.63, 3.8) is 0 Å². The number of hydrogen-bond acceptors (Lipinski definition) is 3. The van der Waals surface area contributed by atoms with Crippen molar-refractivity contribution in [1.29, 1.82) is 0 Å². The van der Waals surface area contributed by atoms with Crippen molar-refractivity contribution in [3.8, 4) is 0 Å². The molecule has 0 spiro atoms. The van der Waals surface area contributed by atoms with Crippen molar-refractivity contribution in [2.45, 2.75) is 26.4 Å². The van der Waals surface area contributed by atoms with Gasteiger partial charge in [-0.25, -0.2) is 0 Å². The quantitative estimate of drug-likeness (QED) is 0.839. The Morgan fingerprint density at radius 1 is 1.19 bits per heavy atom. The van der Waals surface area contributed by atoms with Crippen LogP contribution in [-0.2, 0) is 17.2 Å². The van der Waals surface area contributed by atoms with E-state index in [1.54, 1.807) is 0 Å². The fraction of sp³-hybridized carbons (Fsp3) is 0.400. The Kier molecular flexibility index (Phi) is 6.83. The summed E-state index contributed by atoms with van der Waals surface area (Å²) in [6.07, 6.45) is 0. The summed E-state index contributed by atoms with van der Waals surface area (Å²) < 4.78 is 36.6. The molecule has 6 heteroatoms. The molecular weight excluding hydrogens is 236 g/mol. The highest BCUT2D eigenvalue weighted by molar-refractivity contribution is 7.81. The van der Waals surface area contributed by atoms with Crippen LogP contribution < -0.4 is 5.32 Å². The van der Waals surface area contributed by atoms with E-state index in [1.807, 2.05) is 6.07 Å². The van der Waals surface area contributed by atoms with Gasteiger partial charge in [-0.1, -0.05) is 52.0 Å². The van der Waals surface area contributed by atoms with E-state index >= 15 is 0 Å². The first-order valence-electron chi connectivity index (χ1n) is 4.70. The molecule has 16 heavy (non-hydrogen) atoms. The minimum atomic E-state index is -5.67. The average molecular weight is 251 g/mol. The first kappa shape index (κ1) is 15.0. The molecule has 1 aromatic carbocycles. The van der Waals surface area contributed by atoms with Crippen LogP contribution in [0, 0.1) is 0 Å². The fourth-order valence-electron chi connectivity index (χ4n) is 0.918. The van der Waals surface area contributed by atoms with Gasteiger partial charge < -0.3 is 5.32 Å². The van der Waals surface area contributed by atoms with Gasteiger partial charge >= 0.3 is 10.6 Å². The van der Waals surface area contributed by atoms with Gasteiger partial charge in [0.15, 0.2) is 0 Å². The molecule has 0 bridgehead atoms. The minimum Gasteiger partial charge on any atom is -0.310 e. The molecule has 0 unspecified atom stereocenters. The standard InChI is InChI=1S/C10H15N.F2O2S/c1-9(2)11-8-10-6-4-3-5-7-10;1-5(2,3)4/h3-7,9,11H,8H2,1-2H3;. The molecule has 0 aliphatic heterocycles. The summed E-state index contributed by atoms with van der Waals surface area (Å²) in [6.45, 7) is 5.28. The van der Waals surface area contributed by atoms with E-state index in [2.05, 4.69) is 43.4 Å². The highest BCUT2D eigenvalue weighted by Gasteiger charge is 1.94. The van der Waals surface area contributed by atoms with Crippen molar-refractivity contribution in [1.82, 2.24) is 5.32 Å². The Morgan fingerprint density at radius 2 is 1.62 bits per heavy atom. The van der Waals surface area contributed by atoms with E-state index in [0.717, 1.165) is 6.54 Å². The molecule has 0 saturated carbocycles. The second kappa shape index (κ2) is 7.29. The van der Waals surface area contributed by atoms with E-state index < -0.39 is 10.6 Å². The summed E-state index contributed by atoms with van der Waals surface area (Å²) in [5.41, 5.74) is 1.35.